The van der Waals surface area contributed by atoms with E-state index < -0.39 is 0 Å². The van der Waals surface area contributed by atoms with Gasteiger partial charge in [0.25, 0.3) is 0 Å². The molecule has 3 heteroatoms. The van der Waals surface area contributed by atoms with Gasteiger partial charge in [-0.05, 0) is 41.7 Å². The number of nitrogens with two attached hydrogens (primary N) is 1. The predicted octanol–water partition coefficient (Wildman–Crippen LogP) is 4.22. The van der Waals surface area contributed by atoms with Crippen molar-refractivity contribution in [2.45, 2.75) is 19.4 Å². The molecule has 2 N–H and O–H groups in total. The van der Waals surface area contributed by atoms with Crippen molar-refractivity contribution in [1.29, 1.82) is 0 Å². The van der Waals surface area contributed by atoms with Crippen LogP contribution in [0.3, 0.4) is 0 Å². The molecule has 0 amide bonds. The van der Waals surface area contributed by atoms with Crippen molar-refractivity contribution < 1.29 is 4.74 Å². The first kappa shape index (κ1) is 15.0. The molecule has 0 aliphatic heterocycles. The van der Waals surface area contributed by atoms with Gasteiger partial charge in [0.1, 0.15) is 0 Å². The Bertz CT molecular complexity index is 564. The molecular formula is C17H20ClNO. The zero-order chi connectivity index (χ0) is 14.5. The molecule has 2 rings (SSSR count). The molecule has 0 heterocycles. The molecular weight excluding hydrogens is 270 g/mol. The van der Waals surface area contributed by atoms with Gasteiger partial charge in [-0.25, -0.2) is 0 Å². The summed E-state index contributed by atoms with van der Waals surface area (Å²) in [5.74, 6) is 0. The van der Waals surface area contributed by atoms with Crippen molar-refractivity contribution in [2.75, 3.05) is 13.7 Å². The number of hydrogen-bond donors (Lipinski definition) is 1. The van der Waals surface area contributed by atoms with Crippen LogP contribution in [0.2, 0.25) is 5.02 Å². The Kier molecular flexibility index (Phi) is 5.18. The van der Waals surface area contributed by atoms with Crippen LogP contribution in [0, 0.1) is 0 Å². The number of methoxy groups -OCH3 is 1. The van der Waals surface area contributed by atoms with Crippen molar-refractivity contribution in [1.82, 2.24) is 0 Å². The van der Waals surface area contributed by atoms with E-state index >= 15 is 0 Å². The van der Waals surface area contributed by atoms with Gasteiger partial charge in [-0.3, -0.25) is 0 Å². The molecule has 2 aromatic carbocycles. The van der Waals surface area contributed by atoms with Crippen LogP contribution >= 0.6 is 11.6 Å². The smallest absolute Gasteiger partial charge is 0.0502 e. The molecule has 1 unspecified atom stereocenters. The summed E-state index contributed by atoms with van der Waals surface area (Å²) < 4.78 is 5.08. The Hall–Kier alpha value is -1.35. The molecule has 0 bridgehead atoms. The zero-order valence-electron chi connectivity index (χ0n) is 11.9. The van der Waals surface area contributed by atoms with Crippen LogP contribution in [-0.4, -0.2) is 13.7 Å². The number of ether oxygens (including phenoxy) is 1. The van der Waals surface area contributed by atoms with Gasteiger partial charge in [-0.15, -0.1) is 0 Å². The van der Waals surface area contributed by atoms with Gasteiger partial charge in [-0.2, -0.15) is 0 Å². The van der Waals surface area contributed by atoms with E-state index in [0.29, 0.717) is 0 Å². The van der Waals surface area contributed by atoms with E-state index in [-0.39, 0.29) is 6.04 Å². The van der Waals surface area contributed by atoms with Gasteiger partial charge in [0.2, 0.25) is 0 Å². The van der Waals surface area contributed by atoms with Crippen LogP contribution in [-0.2, 0) is 11.2 Å². The Balaban J connectivity index is 2.21. The monoisotopic (exact) mass is 289 g/mol. The molecule has 0 aromatic heterocycles. The maximum atomic E-state index is 6.28. The molecule has 0 saturated heterocycles. The minimum Gasteiger partial charge on any atom is -0.384 e. The van der Waals surface area contributed by atoms with E-state index in [4.69, 9.17) is 22.1 Å². The molecule has 1 atom stereocenters. The summed E-state index contributed by atoms with van der Waals surface area (Å²) in [6, 6.07) is 14.5. The number of rotatable bonds is 5. The van der Waals surface area contributed by atoms with Gasteiger partial charge in [0.05, 0.1) is 6.61 Å². The maximum Gasteiger partial charge on any atom is 0.0502 e. The molecule has 0 aliphatic rings. The van der Waals surface area contributed by atoms with Gasteiger partial charge < -0.3 is 10.5 Å². The quantitative estimate of drug-likeness (QED) is 0.894. The van der Waals surface area contributed by atoms with Gasteiger partial charge >= 0.3 is 0 Å². The number of hydrogen-bond acceptors (Lipinski definition) is 2. The lowest BCUT2D eigenvalue weighted by atomic mass is 10.00. The van der Waals surface area contributed by atoms with E-state index in [1.165, 1.54) is 5.56 Å². The van der Waals surface area contributed by atoms with Crippen molar-refractivity contribution in [2.24, 2.45) is 5.73 Å². The molecule has 2 nitrogen and oxygen atoms in total. The van der Waals surface area contributed by atoms with Crippen LogP contribution in [0.5, 0.6) is 0 Å². The number of halogens is 1. The molecule has 20 heavy (non-hydrogen) atoms. The highest BCUT2D eigenvalue weighted by atomic mass is 35.5. The Morgan fingerprint density at radius 3 is 2.30 bits per heavy atom. The van der Waals surface area contributed by atoms with Crippen molar-refractivity contribution >= 4 is 11.6 Å². The van der Waals surface area contributed by atoms with Crippen molar-refractivity contribution in [3.05, 3.63) is 58.6 Å². The fraction of sp³-hybridized carbons (Fsp3) is 0.294. The van der Waals surface area contributed by atoms with Crippen LogP contribution < -0.4 is 5.73 Å². The van der Waals surface area contributed by atoms with E-state index in [2.05, 4.69) is 30.3 Å². The molecule has 0 aliphatic carbocycles. The van der Waals surface area contributed by atoms with Gasteiger partial charge in [0, 0.05) is 18.2 Å². The second kappa shape index (κ2) is 6.89. The third-order valence-corrected chi connectivity index (χ3v) is 3.70. The Morgan fingerprint density at radius 1 is 1.10 bits per heavy atom. The van der Waals surface area contributed by atoms with Crippen LogP contribution in [0.1, 0.15) is 24.1 Å². The average molecular weight is 290 g/mol. The third-order valence-electron chi connectivity index (χ3n) is 3.37. The van der Waals surface area contributed by atoms with E-state index in [1.807, 2.05) is 19.1 Å². The summed E-state index contributed by atoms with van der Waals surface area (Å²) in [5, 5.41) is 0.723. The summed E-state index contributed by atoms with van der Waals surface area (Å²) in [6.45, 7) is 2.68. The van der Waals surface area contributed by atoms with Crippen LogP contribution in [0.4, 0.5) is 0 Å². The van der Waals surface area contributed by atoms with E-state index in [9.17, 15) is 0 Å². The van der Waals surface area contributed by atoms with Crippen LogP contribution in [0.25, 0.3) is 11.1 Å². The van der Waals surface area contributed by atoms with Crippen molar-refractivity contribution in [3.8, 4) is 11.1 Å². The molecule has 0 saturated carbocycles. The topological polar surface area (TPSA) is 35.2 Å². The SMILES string of the molecule is COCCc1ccc(-c2ccc(C(C)N)c(Cl)c2)cc1. The normalized spacial score (nSPS) is 12.4. The first-order valence-electron chi connectivity index (χ1n) is 6.75. The predicted molar refractivity (Wildman–Crippen MR) is 85.1 cm³/mol. The van der Waals surface area contributed by atoms with Gasteiger partial charge in [0.15, 0.2) is 0 Å². The highest BCUT2D eigenvalue weighted by Gasteiger charge is 2.07. The Morgan fingerprint density at radius 2 is 1.75 bits per heavy atom. The highest BCUT2D eigenvalue weighted by Crippen LogP contribution is 2.28. The molecule has 106 valence electrons. The summed E-state index contributed by atoms with van der Waals surface area (Å²) >= 11 is 6.28. The largest absolute Gasteiger partial charge is 0.384 e. The zero-order valence-corrected chi connectivity index (χ0v) is 12.7. The standard InChI is InChI=1S/C17H20ClNO/c1-12(19)16-8-7-15(11-17(16)18)14-5-3-13(4-6-14)9-10-20-2/h3-8,11-12H,9-10,19H2,1-2H3. The lowest BCUT2D eigenvalue weighted by Crippen LogP contribution is -2.05. The average Bonchev–Trinajstić information content (AvgIpc) is 2.45. The second-order valence-electron chi connectivity index (χ2n) is 4.96. The van der Waals surface area contributed by atoms with E-state index in [1.54, 1.807) is 7.11 Å². The Labute approximate surface area is 125 Å². The third kappa shape index (κ3) is 3.60. The van der Waals surface area contributed by atoms with Crippen LogP contribution in [0.15, 0.2) is 42.5 Å². The molecule has 0 radical (unpaired) electrons. The van der Waals surface area contributed by atoms with Gasteiger partial charge in [-0.1, -0.05) is 48.0 Å². The molecule has 0 fully saturated rings. The van der Waals surface area contributed by atoms with Crippen molar-refractivity contribution in [3.63, 3.8) is 0 Å². The lowest BCUT2D eigenvalue weighted by Gasteiger charge is -2.10. The highest BCUT2D eigenvalue weighted by molar-refractivity contribution is 6.31. The minimum absolute atomic E-state index is 0.0482. The number of benzene rings is 2. The fourth-order valence-corrected chi connectivity index (χ4v) is 2.51. The first-order chi connectivity index (χ1) is 9.61. The summed E-state index contributed by atoms with van der Waals surface area (Å²) in [4.78, 5) is 0. The minimum atomic E-state index is -0.0482. The van der Waals surface area contributed by atoms with E-state index in [0.717, 1.165) is 34.7 Å². The summed E-state index contributed by atoms with van der Waals surface area (Å²) in [6.07, 6.45) is 0.932. The maximum absolute atomic E-state index is 6.28. The fourth-order valence-electron chi connectivity index (χ4n) is 2.16. The summed E-state index contributed by atoms with van der Waals surface area (Å²) in [7, 11) is 1.72. The molecule has 2 aromatic rings. The summed E-state index contributed by atoms with van der Waals surface area (Å²) in [5.41, 5.74) is 10.4. The second-order valence-corrected chi connectivity index (χ2v) is 5.37. The molecule has 0 spiro atoms. The first-order valence-corrected chi connectivity index (χ1v) is 7.13. The lowest BCUT2D eigenvalue weighted by molar-refractivity contribution is 0.202.